The van der Waals surface area contributed by atoms with Gasteiger partial charge in [0, 0.05) is 24.7 Å². The number of benzene rings is 3. The molecular formula is C29H26F2N2O2. The largest absolute Gasteiger partial charge is 0.393 e. The van der Waals surface area contributed by atoms with Crippen LogP contribution in [0.3, 0.4) is 0 Å². The van der Waals surface area contributed by atoms with Crippen molar-refractivity contribution in [3.63, 3.8) is 0 Å². The molecule has 0 radical (unpaired) electrons. The summed E-state index contributed by atoms with van der Waals surface area (Å²) in [5.41, 5.74) is 6.04. The number of hydrogen-bond donors (Lipinski definition) is 2. The first-order valence-corrected chi connectivity index (χ1v) is 11.8. The maximum atomic E-state index is 13.7. The lowest BCUT2D eigenvalue weighted by Crippen LogP contribution is -2.31. The van der Waals surface area contributed by atoms with E-state index in [9.17, 15) is 18.7 Å². The van der Waals surface area contributed by atoms with Crippen LogP contribution in [-0.2, 0) is 25.8 Å². The number of rotatable bonds is 5. The third-order valence-corrected chi connectivity index (χ3v) is 6.49. The molecule has 6 heteroatoms. The lowest BCUT2D eigenvalue weighted by molar-refractivity contribution is 0.157. The van der Waals surface area contributed by atoms with Crippen LogP contribution in [0.25, 0.3) is 11.3 Å². The average molecular weight is 473 g/mol. The summed E-state index contributed by atoms with van der Waals surface area (Å²) in [5.74, 6) is -1.37. The van der Waals surface area contributed by atoms with Crippen LogP contribution in [0.1, 0.15) is 34.4 Å². The third kappa shape index (κ3) is 4.88. The molecule has 1 heterocycles. The highest BCUT2D eigenvalue weighted by atomic mass is 19.1. The number of nitrogens with zero attached hydrogens (tertiary/aromatic N) is 1. The van der Waals surface area contributed by atoms with Crippen LogP contribution in [0.5, 0.6) is 0 Å². The fourth-order valence-electron chi connectivity index (χ4n) is 4.95. The van der Waals surface area contributed by atoms with Crippen molar-refractivity contribution in [2.75, 3.05) is 0 Å². The summed E-state index contributed by atoms with van der Waals surface area (Å²) in [7, 11) is 0. The van der Waals surface area contributed by atoms with Gasteiger partial charge in [0.25, 0.3) is 0 Å². The minimum atomic E-state index is -0.684. The number of fused-ring (bicyclic) bond motifs is 1. The Kier molecular flexibility index (Phi) is 6.47. The van der Waals surface area contributed by atoms with Gasteiger partial charge in [0.2, 0.25) is 0 Å². The molecule has 1 atom stereocenters. The van der Waals surface area contributed by atoms with Crippen molar-refractivity contribution in [3.05, 3.63) is 118 Å². The molecule has 1 unspecified atom stereocenters. The molecule has 3 aromatic carbocycles. The maximum Gasteiger partial charge on any atom is 0.326 e. The molecule has 1 aliphatic carbocycles. The minimum Gasteiger partial charge on any atom is -0.393 e. The highest BCUT2D eigenvalue weighted by Gasteiger charge is 2.31. The van der Waals surface area contributed by atoms with Gasteiger partial charge in [0.15, 0.2) is 0 Å². The van der Waals surface area contributed by atoms with Crippen molar-refractivity contribution >= 4 is 6.03 Å². The summed E-state index contributed by atoms with van der Waals surface area (Å²) in [4.78, 5) is 13.6. The van der Waals surface area contributed by atoms with Gasteiger partial charge in [-0.3, -0.25) is 4.57 Å². The molecule has 4 nitrogen and oxygen atoms in total. The molecule has 1 aliphatic rings. The van der Waals surface area contributed by atoms with E-state index in [1.54, 1.807) is 4.57 Å². The van der Waals surface area contributed by atoms with Gasteiger partial charge in [-0.15, -0.1) is 0 Å². The Morgan fingerprint density at radius 3 is 2.29 bits per heavy atom. The summed E-state index contributed by atoms with van der Waals surface area (Å²) in [6, 6.07) is 22.6. The fourth-order valence-corrected chi connectivity index (χ4v) is 4.95. The molecule has 1 aromatic heterocycles. The number of carbonyl (C=O) groups excluding carboxylic acids is 1. The predicted molar refractivity (Wildman–Crippen MR) is 131 cm³/mol. The third-order valence-electron chi connectivity index (χ3n) is 6.49. The van der Waals surface area contributed by atoms with Gasteiger partial charge in [-0.25, -0.2) is 13.6 Å². The number of halogens is 2. The van der Waals surface area contributed by atoms with E-state index < -0.39 is 17.7 Å². The van der Waals surface area contributed by atoms with Gasteiger partial charge >= 0.3 is 6.03 Å². The van der Waals surface area contributed by atoms with Crippen LogP contribution in [0.4, 0.5) is 13.6 Å². The number of aliphatic hydroxyl groups is 1. The van der Waals surface area contributed by atoms with E-state index in [0.29, 0.717) is 31.2 Å². The van der Waals surface area contributed by atoms with E-state index in [4.69, 9.17) is 0 Å². The first kappa shape index (κ1) is 23.0. The maximum absolute atomic E-state index is 13.7. The SMILES string of the molecule is O=C(NCc1cc(F)cc(F)c1)n1c2c(c(Cc3ccccc3)c1-c1ccccc1)CC(O)CC2. The Hall–Kier alpha value is -3.77. The van der Waals surface area contributed by atoms with Crippen molar-refractivity contribution < 1.29 is 18.7 Å². The molecule has 4 aromatic rings. The monoisotopic (exact) mass is 472 g/mol. The van der Waals surface area contributed by atoms with Crippen LogP contribution >= 0.6 is 0 Å². The predicted octanol–water partition coefficient (Wildman–Crippen LogP) is 5.63. The quantitative estimate of drug-likeness (QED) is 0.396. The van der Waals surface area contributed by atoms with E-state index in [-0.39, 0.29) is 12.6 Å². The number of hydrogen-bond acceptors (Lipinski definition) is 2. The molecule has 0 fully saturated rings. The molecule has 178 valence electrons. The zero-order valence-electron chi connectivity index (χ0n) is 19.2. The molecule has 1 amide bonds. The van der Waals surface area contributed by atoms with Crippen molar-refractivity contribution in [3.8, 4) is 11.3 Å². The normalized spacial score (nSPS) is 15.0. The van der Waals surface area contributed by atoms with E-state index in [1.165, 1.54) is 12.1 Å². The molecule has 2 N–H and O–H groups in total. The molecular weight excluding hydrogens is 446 g/mol. The Balaban J connectivity index is 1.60. The van der Waals surface area contributed by atoms with Crippen molar-refractivity contribution in [1.82, 2.24) is 9.88 Å². The summed E-state index contributed by atoms with van der Waals surface area (Å²) >= 11 is 0. The highest BCUT2D eigenvalue weighted by Crippen LogP contribution is 2.37. The number of aromatic nitrogens is 1. The van der Waals surface area contributed by atoms with Crippen LogP contribution in [0.2, 0.25) is 0 Å². The van der Waals surface area contributed by atoms with Crippen molar-refractivity contribution in [2.45, 2.75) is 38.3 Å². The van der Waals surface area contributed by atoms with Crippen LogP contribution < -0.4 is 5.32 Å². The molecule has 0 bridgehead atoms. The lowest BCUT2D eigenvalue weighted by atomic mass is 9.89. The molecule has 0 saturated heterocycles. The Morgan fingerprint density at radius 1 is 0.943 bits per heavy atom. The van der Waals surface area contributed by atoms with E-state index in [1.807, 2.05) is 48.5 Å². The van der Waals surface area contributed by atoms with E-state index in [0.717, 1.165) is 39.7 Å². The van der Waals surface area contributed by atoms with Crippen LogP contribution in [0, 0.1) is 11.6 Å². The molecule has 35 heavy (non-hydrogen) atoms. The Bertz CT molecular complexity index is 1330. The molecule has 5 rings (SSSR count). The zero-order chi connectivity index (χ0) is 24.4. The highest BCUT2D eigenvalue weighted by molar-refractivity contribution is 5.86. The number of amides is 1. The van der Waals surface area contributed by atoms with Gasteiger partial charge in [-0.1, -0.05) is 60.7 Å². The second-order valence-corrected chi connectivity index (χ2v) is 8.95. The molecule has 0 saturated carbocycles. The minimum absolute atomic E-state index is 0.00859. The van der Waals surface area contributed by atoms with Crippen molar-refractivity contribution in [2.24, 2.45) is 0 Å². The topological polar surface area (TPSA) is 54.3 Å². The van der Waals surface area contributed by atoms with Gasteiger partial charge in [-0.2, -0.15) is 0 Å². The second kappa shape index (κ2) is 9.84. The molecule has 0 aliphatic heterocycles. The smallest absolute Gasteiger partial charge is 0.326 e. The number of nitrogens with one attached hydrogen (secondary N) is 1. The Labute approximate surface area is 202 Å². The lowest BCUT2D eigenvalue weighted by Gasteiger charge is -2.20. The van der Waals surface area contributed by atoms with E-state index in [2.05, 4.69) is 17.4 Å². The number of carbonyl (C=O) groups is 1. The first-order valence-electron chi connectivity index (χ1n) is 11.8. The summed E-state index contributed by atoms with van der Waals surface area (Å²) < 4.78 is 29.0. The summed E-state index contributed by atoms with van der Waals surface area (Å²) in [5, 5.41) is 13.3. The van der Waals surface area contributed by atoms with Gasteiger partial charge in [0.1, 0.15) is 11.6 Å². The fraction of sp³-hybridized carbons (Fsp3) is 0.207. The standard InChI is InChI=1S/C29H26F2N2O2/c30-22-13-20(14-23(31)16-22)18-32-29(35)33-27-12-11-24(34)17-25(27)26(15-19-7-3-1-4-8-19)28(33)21-9-5-2-6-10-21/h1-10,13-14,16,24,34H,11-12,15,17-18H2,(H,32,35). The Morgan fingerprint density at radius 2 is 1.60 bits per heavy atom. The van der Waals surface area contributed by atoms with Gasteiger partial charge in [0.05, 0.1) is 11.8 Å². The zero-order valence-corrected chi connectivity index (χ0v) is 19.2. The average Bonchev–Trinajstić information content (AvgIpc) is 3.16. The number of aliphatic hydroxyl groups excluding tert-OH is 1. The van der Waals surface area contributed by atoms with E-state index >= 15 is 0 Å². The molecule has 0 spiro atoms. The van der Waals surface area contributed by atoms with Crippen LogP contribution in [0.15, 0.2) is 78.9 Å². The van der Waals surface area contributed by atoms with Crippen molar-refractivity contribution in [1.29, 1.82) is 0 Å². The van der Waals surface area contributed by atoms with Crippen LogP contribution in [-0.4, -0.2) is 21.8 Å². The summed E-state index contributed by atoms with van der Waals surface area (Å²) in [6.45, 7) is -0.00859. The second-order valence-electron chi connectivity index (χ2n) is 8.95. The first-order chi connectivity index (χ1) is 17.0. The van der Waals surface area contributed by atoms with Gasteiger partial charge < -0.3 is 10.4 Å². The van der Waals surface area contributed by atoms with Gasteiger partial charge in [-0.05, 0) is 59.2 Å². The summed E-state index contributed by atoms with van der Waals surface area (Å²) in [6.07, 6.45) is 1.77.